The molecule has 1 aliphatic heterocycles. The SMILES string of the molecule is COCCN1C(=O)/C(=C\c2ccc(OCC(=O)NCCc3ccccc3)cc2)C(C(=O)OC)=C1C. The third kappa shape index (κ3) is 6.80. The Balaban J connectivity index is 1.60. The van der Waals surface area contributed by atoms with Crippen molar-refractivity contribution < 1.29 is 28.6 Å². The van der Waals surface area contributed by atoms with Gasteiger partial charge in [-0.1, -0.05) is 42.5 Å². The van der Waals surface area contributed by atoms with E-state index in [1.807, 2.05) is 30.3 Å². The number of nitrogens with one attached hydrogen (secondary N) is 1. The first-order valence-corrected chi connectivity index (χ1v) is 11.3. The van der Waals surface area contributed by atoms with Crippen molar-refractivity contribution in [2.45, 2.75) is 13.3 Å². The van der Waals surface area contributed by atoms with Gasteiger partial charge in [-0.25, -0.2) is 4.79 Å². The predicted molar refractivity (Wildman–Crippen MR) is 131 cm³/mol. The van der Waals surface area contributed by atoms with Crippen LogP contribution in [0.25, 0.3) is 6.08 Å². The normalized spacial score (nSPS) is 14.4. The molecule has 8 heteroatoms. The molecule has 8 nitrogen and oxygen atoms in total. The van der Waals surface area contributed by atoms with Crippen molar-refractivity contribution in [1.82, 2.24) is 10.2 Å². The van der Waals surface area contributed by atoms with Gasteiger partial charge in [0.25, 0.3) is 11.8 Å². The van der Waals surface area contributed by atoms with Gasteiger partial charge in [0.2, 0.25) is 0 Å². The van der Waals surface area contributed by atoms with E-state index in [2.05, 4.69) is 5.32 Å². The molecule has 0 saturated carbocycles. The second-order valence-corrected chi connectivity index (χ2v) is 7.90. The van der Waals surface area contributed by atoms with Gasteiger partial charge in [-0.15, -0.1) is 0 Å². The molecule has 0 aromatic heterocycles. The highest BCUT2D eigenvalue weighted by atomic mass is 16.5. The van der Waals surface area contributed by atoms with E-state index >= 15 is 0 Å². The molecule has 0 fully saturated rings. The molecule has 0 unspecified atom stereocenters. The van der Waals surface area contributed by atoms with E-state index in [-0.39, 0.29) is 29.6 Å². The molecule has 0 atom stereocenters. The number of rotatable bonds is 11. The first-order chi connectivity index (χ1) is 16.9. The standard InChI is InChI=1S/C27H30N2O6/c1-19-25(27(32)34-3)23(26(31)29(19)15-16-33-2)17-21-9-11-22(12-10-21)35-18-24(30)28-14-13-20-7-5-4-6-8-20/h4-12,17H,13-16,18H2,1-3H3,(H,28,30)/b23-17-. The Bertz CT molecular complexity index is 1110. The molecular formula is C27H30N2O6. The summed E-state index contributed by atoms with van der Waals surface area (Å²) < 4.78 is 15.5. The molecule has 2 amide bonds. The van der Waals surface area contributed by atoms with Gasteiger partial charge < -0.3 is 24.4 Å². The van der Waals surface area contributed by atoms with Gasteiger partial charge in [-0.2, -0.15) is 0 Å². The van der Waals surface area contributed by atoms with Crippen LogP contribution in [-0.4, -0.2) is 63.2 Å². The largest absolute Gasteiger partial charge is 0.484 e. The Hall–Kier alpha value is -3.91. The number of methoxy groups -OCH3 is 2. The summed E-state index contributed by atoms with van der Waals surface area (Å²) in [7, 11) is 2.84. The summed E-state index contributed by atoms with van der Waals surface area (Å²) in [5.41, 5.74) is 2.89. The lowest BCUT2D eigenvalue weighted by Gasteiger charge is -2.16. The predicted octanol–water partition coefficient (Wildman–Crippen LogP) is 2.74. The zero-order valence-electron chi connectivity index (χ0n) is 20.2. The molecule has 0 aliphatic carbocycles. The summed E-state index contributed by atoms with van der Waals surface area (Å²) in [6.45, 7) is 2.82. The summed E-state index contributed by atoms with van der Waals surface area (Å²) in [5.74, 6) is -0.541. The minimum absolute atomic E-state index is 0.101. The number of allylic oxidation sites excluding steroid dienone is 1. The monoisotopic (exact) mass is 478 g/mol. The molecule has 1 heterocycles. The molecule has 35 heavy (non-hydrogen) atoms. The number of esters is 1. The fourth-order valence-corrected chi connectivity index (χ4v) is 3.70. The average molecular weight is 479 g/mol. The van der Waals surface area contributed by atoms with E-state index in [9.17, 15) is 14.4 Å². The number of hydrogen-bond donors (Lipinski definition) is 1. The van der Waals surface area contributed by atoms with Crippen LogP contribution in [0.2, 0.25) is 0 Å². The molecule has 0 bridgehead atoms. The first kappa shape index (κ1) is 25.7. The van der Waals surface area contributed by atoms with Gasteiger partial charge in [0.1, 0.15) is 5.75 Å². The summed E-state index contributed by atoms with van der Waals surface area (Å²) in [4.78, 5) is 38.9. The molecule has 0 radical (unpaired) electrons. The van der Waals surface area contributed by atoms with E-state index in [1.165, 1.54) is 12.0 Å². The molecule has 2 aromatic rings. The Morgan fingerprint density at radius 3 is 2.40 bits per heavy atom. The zero-order chi connectivity index (χ0) is 25.2. The molecule has 0 saturated heterocycles. The molecule has 3 rings (SSSR count). The number of carbonyl (C=O) groups excluding carboxylic acids is 3. The molecule has 184 valence electrons. The quantitative estimate of drug-likeness (QED) is 0.394. The summed E-state index contributed by atoms with van der Waals surface area (Å²) in [6.07, 6.45) is 2.39. The number of carbonyl (C=O) groups is 3. The minimum atomic E-state index is -0.569. The van der Waals surface area contributed by atoms with Crippen LogP contribution in [0.4, 0.5) is 0 Å². The Morgan fingerprint density at radius 2 is 1.74 bits per heavy atom. The summed E-state index contributed by atoms with van der Waals surface area (Å²) in [6, 6.07) is 16.8. The second-order valence-electron chi connectivity index (χ2n) is 7.90. The van der Waals surface area contributed by atoms with Gasteiger partial charge in [0, 0.05) is 25.9 Å². The van der Waals surface area contributed by atoms with Crippen LogP contribution in [0.1, 0.15) is 18.1 Å². The van der Waals surface area contributed by atoms with E-state index < -0.39 is 5.97 Å². The Kier molecular flexibility index (Phi) is 9.20. The van der Waals surface area contributed by atoms with Crippen LogP contribution in [0, 0.1) is 0 Å². The highest BCUT2D eigenvalue weighted by molar-refractivity contribution is 6.16. The van der Waals surface area contributed by atoms with Crippen molar-refractivity contribution in [2.24, 2.45) is 0 Å². The maximum Gasteiger partial charge on any atom is 0.340 e. The third-order valence-electron chi connectivity index (χ3n) is 5.56. The van der Waals surface area contributed by atoms with Crippen molar-refractivity contribution in [2.75, 3.05) is 40.5 Å². The highest BCUT2D eigenvalue weighted by Crippen LogP contribution is 2.31. The van der Waals surface area contributed by atoms with E-state index in [4.69, 9.17) is 14.2 Å². The van der Waals surface area contributed by atoms with Gasteiger partial charge >= 0.3 is 5.97 Å². The van der Waals surface area contributed by atoms with Crippen molar-refractivity contribution in [3.63, 3.8) is 0 Å². The van der Waals surface area contributed by atoms with Crippen LogP contribution in [-0.2, 0) is 30.3 Å². The fourth-order valence-electron chi connectivity index (χ4n) is 3.70. The molecule has 1 aliphatic rings. The van der Waals surface area contributed by atoms with E-state index in [0.29, 0.717) is 36.7 Å². The van der Waals surface area contributed by atoms with Crippen molar-refractivity contribution in [3.8, 4) is 5.75 Å². The molecule has 2 aromatic carbocycles. The number of amides is 2. The first-order valence-electron chi connectivity index (χ1n) is 11.3. The Labute approximate surface area is 205 Å². The molecule has 1 N–H and O–H groups in total. The second kappa shape index (κ2) is 12.5. The number of hydrogen-bond acceptors (Lipinski definition) is 6. The van der Waals surface area contributed by atoms with Gasteiger partial charge in [0.05, 0.1) is 24.9 Å². The topological polar surface area (TPSA) is 94.2 Å². The average Bonchev–Trinajstić information content (AvgIpc) is 3.11. The maximum atomic E-state index is 13.0. The number of benzene rings is 2. The van der Waals surface area contributed by atoms with Crippen LogP contribution in [0.15, 0.2) is 71.4 Å². The maximum absolute atomic E-state index is 13.0. The number of nitrogens with zero attached hydrogens (tertiary/aromatic N) is 1. The van der Waals surface area contributed by atoms with Crippen molar-refractivity contribution in [1.29, 1.82) is 0 Å². The Morgan fingerprint density at radius 1 is 1.03 bits per heavy atom. The number of ether oxygens (including phenoxy) is 3. The zero-order valence-corrected chi connectivity index (χ0v) is 20.2. The lowest BCUT2D eigenvalue weighted by molar-refractivity contribution is -0.136. The van der Waals surface area contributed by atoms with E-state index in [0.717, 1.165) is 12.0 Å². The van der Waals surface area contributed by atoms with E-state index in [1.54, 1.807) is 44.4 Å². The van der Waals surface area contributed by atoms with Crippen LogP contribution in [0.3, 0.4) is 0 Å². The fraction of sp³-hybridized carbons (Fsp3) is 0.296. The summed E-state index contributed by atoms with van der Waals surface area (Å²) >= 11 is 0. The minimum Gasteiger partial charge on any atom is -0.484 e. The van der Waals surface area contributed by atoms with Gasteiger partial charge in [0.15, 0.2) is 6.61 Å². The third-order valence-corrected chi connectivity index (χ3v) is 5.56. The van der Waals surface area contributed by atoms with Gasteiger partial charge in [-0.3, -0.25) is 9.59 Å². The smallest absolute Gasteiger partial charge is 0.340 e. The summed E-state index contributed by atoms with van der Waals surface area (Å²) in [5, 5.41) is 2.84. The van der Waals surface area contributed by atoms with Gasteiger partial charge in [-0.05, 0) is 42.7 Å². The molecular weight excluding hydrogens is 448 g/mol. The van der Waals surface area contributed by atoms with Crippen LogP contribution < -0.4 is 10.1 Å². The lowest BCUT2D eigenvalue weighted by Crippen LogP contribution is -2.30. The van der Waals surface area contributed by atoms with Crippen LogP contribution in [0.5, 0.6) is 5.75 Å². The van der Waals surface area contributed by atoms with Crippen molar-refractivity contribution >= 4 is 23.9 Å². The highest BCUT2D eigenvalue weighted by Gasteiger charge is 2.36. The lowest BCUT2D eigenvalue weighted by atomic mass is 10.0. The molecule has 0 spiro atoms. The van der Waals surface area contributed by atoms with Crippen LogP contribution >= 0.6 is 0 Å². The van der Waals surface area contributed by atoms with Crippen molar-refractivity contribution in [3.05, 3.63) is 82.6 Å².